The summed E-state index contributed by atoms with van der Waals surface area (Å²) >= 11 is 8.22. The van der Waals surface area contributed by atoms with Crippen molar-refractivity contribution in [3.63, 3.8) is 0 Å². The quantitative estimate of drug-likeness (QED) is 0.770. The van der Waals surface area contributed by atoms with Gasteiger partial charge in [-0.05, 0) is 57.4 Å². The van der Waals surface area contributed by atoms with E-state index in [4.69, 9.17) is 11.6 Å². The van der Waals surface area contributed by atoms with Crippen LogP contribution in [0.25, 0.3) is 0 Å². The van der Waals surface area contributed by atoms with E-state index in [1.807, 2.05) is 6.07 Å². The summed E-state index contributed by atoms with van der Waals surface area (Å²) in [6, 6.07) is 6.33. The van der Waals surface area contributed by atoms with Crippen LogP contribution in [0.5, 0.6) is 0 Å². The number of halogens is 1. The molecule has 0 spiro atoms. The van der Waals surface area contributed by atoms with Gasteiger partial charge in [0.15, 0.2) is 0 Å². The lowest BCUT2D eigenvalue weighted by molar-refractivity contribution is 0.422. The van der Waals surface area contributed by atoms with E-state index in [1.165, 1.54) is 42.6 Å². The van der Waals surface area contributed by atoms with Crippen molar-refractivity contribution in [3.05, 3.63) is 28.8 Å². The number of benzene rings is 1. The predicted molar refractivity (Wildman–Crippen MR) is 90.8 cm³/mol. The molecule has 3 heteroatoms. The maximum atomic E-state index is 6.17. The fraction of sp³-hybridized carbons (Fsp3) is 0.647. The van der Waals surface area contributed by atoms with E-state index < -0.39 is 0 Å². The maximum Gasteiger partial charge on any atom is 0.0410 e. The van der Waals surface area contributed by atoms with Crippen molar-refractivity contribution >= 4 is 23.4 Å². The second-order valence-electron chi connectivity index (χ2n) is 6.73. The highest BCUT2D eigenvalue weighted by atomic mass is 35.5. The number of hydrogen-bond acceptors (Lipinski definition) is 2. The van der Waals surface area contributed by atoms with Gasteiger partial charge in [-0.1, -0.05) is 30.9 Å². The van der Waals surface area contributed by atoms with Gasteiger partial charge in [-0.15, -0.1) is 11.8 Å². The Bertz CT molecular complexity index is 433. The Morgan fingerprint density at radius 2 is 1.90 bits per heavy atom. The van der Waals surface area contributed by atoms with Crippen LogP contribution in [0, 0.1) is 0 Å². The Hall–Kier alpha value is -0.180. The van der Waals surface area contributed by atoms with E-state index in [0.29, 0.717) is 0 Å². The van der Waals surface area contributed by atoms with Gasteiger partial charge < -0.3 is 5.32 Å². The van der Waals surface area contributed by atoms with E-state index in [9.17, 15) is 0 Å². The lowest BCUT2D eigenvalue weighted by atomic mass is 10.0. The Labute approximate surface area is 132 Å². The van der Waals surface area contributed by atoms with Crippen molar-refractivity contribution < 1.29 is 0 Å². The van der Waals surface area contributed by atoms with Crippen LogP contribution in [-0.4, -0.2) is 10.8 Å². The zero-order valence-corrected chi connectivity index (χ0v) is 14.4. The number of rotatable bonds is 4. The van der Waals surface area contributed by atoms with Crippen molar-refractivity contribution in [3.8, 4) is 0 Å². The number of hydrogen-bond donors (Lipinski definition) is 1. The molecule has 112 valence electrons. The zero-order valence-electron chi connectivity index (χ0n) is 12.8. The Kier molecular flexibility index (Phi) is 5.83. The molecule has 1 fully saturated rings. The monoisotopic (exact) mass is 311 g/mol. The summed E-state index contributed by atoms with van der Waals surface area (Å²) in [6.07, 6.45) is 6.91. The van der Waals surface area contributed by atoms with Crippen molar-refractivity contribution in [2.24, 2.45) is 0 Å². The highest BCUT2D eigenvalue weighted by Gasteiger charge is 2.17. The largest absolute Gasteiger partial charge is 0.308 e. The summed E-state index contributed by atoms with van der Waals surface area (Å²) in [7, 11) is 0. The van der Waals surface area contributed by atoms with Crippen LogP contribution in [0.15, 0.2) is 23.1 Å². The molecular weight excluding hydrogens is 286 g/mol. The third-order valence-electron chi connectivity index (χ3n) is 3.68. The van der Waals surface area contributed by atoms with Gasteiger partial charge in [0.25, 0.3) is 0 Å². The van der Waals surface area contributed by atoms with Crippen molar-refractivity contribution in [2.45, 2.75) is 75.1 Å². The maximum absolute atomic E-state index is 6.17. The molecule has 1 N–H and O–H groups in total. The topological polar surface area (TPSA) is 12.0 Å². The second kappa shape index (κ2) is 7.20. The average molecular weight is 312 g/mol. The molecule has 0 bridgehead atoms. The second-order valence-corrected chi connectivity index (χ2v) is 8.51. The Morgan fingerprint density at radius 3 is 2.55 bits per heavy atom. The lowest BCUT2D eigenvalue weighted by Crippen LogP contribution is -2.35. The molecule has 0 aromatic heterocycles. The fourth-order valence-electron chi connectivity index (χ4n) is 2.52. The molecule has 0 radical (unpaired) electrons. The first-order chi connectivity index (χ1) is 9.44. The third-order valence-corrected chi connectivity index (χ3v) is 5.37. The average Bonchev–Trinajstić information content (AvgIpc) is 2.39. The molecule has 0 unspecified atom stereocenters. The van der Waals surface area contributed by atoms with Crippen molar-refractivity contribution in [1.29, 1.82) is 0 Å². The molecule has 0 saturated heterocycles. The van der Waals surface area contributed by atoms with Crippen LogP contribution in [0.3, 0.4) is 0 Å². The highest BCUT2D eigenvalue weighted by molar-refractivity contribution is 8.00. The minimum Gasteiger partial charge on any atom is -0.308 e. The van der Waals surface area contributed by atoms with Gasteiger partial charge >= 0.3 is 0 Å². The van der Waals surface area contributed by atoms with Crippen LogP contribution < -0.4 is 5.32 Å². The smallest absolute Gasteiger partial charge is 0.0410 e. The molecule has 1 aromatic carbocycles. The molecule has 0 aliphatic heterocycles. The fourth-order valence-corrected chi connectivity index (χ4v) is 4.08. The Morgan fingerprint density at radius 1 is 1.20 bits per heavy atom. The molecule has 1 aromatic rings. The zero-order chi connectivity index (χ0) is 14.6. The molecule has 20 heavy (non-hydrogen) atoms. The molecule has 0 atom stereocenters. The first-order valence-electron chi connectivity index (χ1n) is 7.64. The first-order valence-corrected chi connectivity index (χ1v) is 8.90. The van der Waals surface area contributed by atoms with Gasteiger partial charge in [0.2, 0.25) is 0 Å². The number of thioether (sulfide) groups is 1. The van der Waals surface area contributed by atoms with E-state index in [2.05, 4.69) is 50.0 Å². The van der Waals surface area contributed by atoms with Gasteiger partial charge in [-0.3, -0.25) is 0 Å². The minimum absolute atomic E-state index is 0.134. The summed E-state index contributed by atoms with van der Waals surface area (Å²) < 4.78 is 0. The normalized spacial score (nSPS) is 17.4. The van der Waals surface area contributed by atoms with Crippen molar-refractivity contribution in [2.75, 3.05) is 0 Å². The van der Waals surface area contributed by atoms with Crippen LogP contribution >= 0.6 is 23.4 Å². The summed E-state index contributed by atoms with van der Waals surface area (Å²) in [4.78, 5) is 1.40. The van der Waals surface area contributed by atoms with Crippen molar-refractivity contribution in [1.82, 2.24) is 5.32 Å². The summed E-state index contributed by atoms with van der Waals surface area (Å²) in [5.74, 6) is 0. The van der Waals surface area contributed by atoms with Gasteiger partial charge in [0.1, 0.15) is 0 Å². The van der Waals surface area contributed by atoms with Gasteiger partial charge in [0.05, 0.1) is 0 Å². The molecule has 0 heterocycles. The molecule has 1 aliphatic carbocycles. The SMILES string of the molecule is CC(C)(C)NCc1cc(Cl)ccc1SC1CCCCC1. The molecule has 2 rings (SSSR count). The lowest BCUT2D eigenvalue weighted by Gasteiger charge is -2.24. The molecular formula is C17H26ClNS. The van der Waals surface area contributed by atoms with E-state index in [1.54, 1.807) is 0 Å². The van der Waals surface area contributed by atoms with Crippen LogP contribution in [0.4, 0.5) is 0 Å². The summed E-state index contributed by atoms with van der Waals surface area (Å²) in [5.41, 5.74) is 1.47. The standard InChI is InChI=1S/C17H26ClNS/c1-17(2,3)19-12-13-11-14(18)9-10-16(13)20-15-7-5-4-6-8-15/h9-11,15,19H,4-8,12H2,1-3H3. The molecule has 1 saturated carbocycles. The molecule has 1 nitrogen and oxygen atoms in total. The van der Waals surface area contributed by atoms with Crippen LogP contribution in [-0.2, 0) is 6.54 Å². The van der Waals surface area contributed by atoms with Crippen LogP contribution in [0.1, 0.15) is 58.4 Å². The first kappa shape index (κ1) is 16.2. The summed E-state index contributed by atoms with van der Waals surface area (Å²) in [6.45, 7) is 7.49. The highest BCUT2D eigenvalue weighted by Crippen LogP contribution is 2.36. The van der Waals surface area contributed by atoms with Crippen LogP contribution in [0.2, 0.25) is 5.02 Å². The third kappa shape index (κ3) is 5.31. The van der Waals surface area contributed by atoms with E-state index >= 15 is 0 Å². The van der Waals surface area contributed by atoms with E-state index in [-0.39, 0.29) is 5.54 Å². The summed E-state index contributed by atoms with van der Waals surface area (Å²) in [5, 5.41) is 5.20. The number of nitrogens with one attached hydrogen (secondary N) is 1. The van der Waals surface area contributed by atoms with E-state index in [0.717, 1.165) is 16.8 Å². The molecule has 0 amide bonds. The van der Waals surface area contributed by atoms with Gasteiger partial charge in [-0.2, -0.15) is 0 Å². The predicted octanol–water partition coefficient (Wildman–Crippen LogP) is 5.65. The van der Waals surface area contributed by atoms with Gasteiger partial charge in [-0.25, -0.2) is 0 Å². The van der Waals surface area contributed by atoms with Gasteiger partial charge in [0, 0.05) is 27.3 Å². The minimum atomic E-state index is 0.134. The molecule has 1 aliphatic rings. The Balaban J connectivity index is 2.06.